The minimum absolute atomic E-state index is 0. The summed E-state index contributed by atoms with van der Waals surface area (Å²) in [6.45, 7) is 3.01. The van der Waals surface area contributed by atoms with E-state index in [0.29, 0.717) is 11.3 Å². The molecular weight excluding hydrogens is 386 g/mol. The Morgan fingerprint density at radius 2 is 1.85 bits per heavy atom. The van der Waals surface area contributed by atoms with Crippen molar-refractivity contribution in [1.82, 2.24) is 10.6 Å². The number of amides is 1. The van der Waals surface area contributed by atoms with Crippen LogP contribution in [0.15, 0.2) is 59.5 Å². The molecule has 146 valence electrons. The van der Waals surface area contributed by atoms with Crippen molar-refractivity contribution in [3.63, 3.8) is 0 Å². The van der Waals surface area contributed by atoms with E-state index in [4.69, 9.17) is 0 Å². The van der Waals surface area contributed by atoms with Crippen LogP contribution < -0.4 is 15.4 Å². The van der Waals surface area contributed by atoms with Crippen molar-refractivity contribution < 1.29 is 13.2 Å². The van der Waals surface area contributed by atoms with Gasteiger partial charge in [0.1, 0.15) is 0 Å². The number of nitrogens with one attached hydrogen (secondary N) is 3. The Bertz CT molecular complexity index is 875. The lowest BCUT2D eigenvalue weighted by Gasteiger charge is -2.30. The van der Waals surface area contributed by atoms with Crippen molar-refractivity contribution >= 4 is 34.0 Å². The fraction of sp³-hybridized carbons (Fsp3) is 0.316. The van der Waals surface area contributed by atoms with Crippen LogP contribution in [0.4, 0.5) is 5.69 Å². The fourth-order valence-electron chi connectivity index (χ4n) is 3.03. The standard InChI is InChI=1S/C19H23N3O3S.ClH/c1-14-18(11-6-12-20-14)21-19(23)15-7-5-8-16(13-15)22-26(24,25)17-9-3-2-4-10-17;/h2-5,7-10,13-14,18,20,22H,6,11-12H2,1H3,(H,21,23);1H. The van der Waals surface area contributed by atoms with Gasteiger partial charge in [0.2, 0.25) is 0 Å². The van der Waals surface area contributed by atoms with Crippen LogP contribution in [-0.4, -0.2) is 33.0 Å². The average molecular weight is 410 g/mol. The minimum Gasteiger partial charge on any atom is -0.348 e. The van der Waals surface area contributed by atoms with E-state index in [1.54, 1.807) is 42.5 Å². The van der Waals surface area contributed by atoms with Gasteiger partial charge in [0.25, 0.3) is 15.9 Å². The van der Waals surface area contributed by atoms with Gasteiger partial charge in [-0.3, -0.25) is 9.52 Å². The van der Waals surface area contributed by atoms with E-state index in [1.165, 1.54) is 12.1 Å². The molecule has 8 heteroatoms. The zero-order chi connectivity index (χ0) is 18.6. The number of carbonyl (C=O) groups excluding carboxylic acids is 1. The summed E-state index contributed by atoms with van der Waals surface area (Å²) in [6, 6.07) is 14.9. The molecule has 0 aliphatic carbocycles. The van der Waals surface area contributed by atoms with Crippen molar-refractivity contribution in [2.24, 2.45) is 0 Å². The first kappa shape index (κ1) is 21.2. The van der Waals surface area contributed by atoms with Gasteiger partial charge in [-0.15, -0.1) is 12.4 Å². The molecule has 1 aliphatic heterocycles. The lowest BCUT2D eigenvalue weighted by Crippen LogP contribution is -2.51. The Morgan fingerprint density at radius 3 is 2.56 bits per heavy atom. The predicted octanol–water partition coefficient (Wildman–Crippen LogP) is 2.78. The number of piperidine rings is 1. The van der Waals surface area contributed by atoms with E-state index < -0.39 is 10.0 Å². The molecule has 0 radical (unpaired) electrons. The molecule has 1 amide bonds. The third kappa shape index (κ3) is 5.45. The summed E-state index contributed by atoms with van der Waals surface area (Å²) in [6.07, 6.45) is 1.95. The molecule has 0 spiro atoms. The molecule has 2 aromatic carbocycles. The summed E-state index contributed by atoms with van der Waals surface area (Å²) >= 11 is 0. The first-order valence-corrected chi connectivity index (χ1v) is 10.2. The molecule has 0 saturated carbocycles. The van der Waals surface area contributed by atoms with Gasteiger partial charge in [-0.25, -0.2) is 8.42 Å². The third-order valence-corrected chi connectivity index (χ3v) is 5.91. The smallest absolute Gasteiger partial charge is 0.261 e. The van der Waals surface area contributed by atoms with Crippen molar-refractivity contribution in [3.05, 3.63) is 60.2 Å². The van der Waals surface area contributed by atoms with Crippen LogP contribution in [0.3, 0.4) is 0 Å². The number of benzene rings is 2. The molecule has 3 N–H and O–H groups in total. The van der Waals surface area contributed by atoms with Crippen molar-refractivity contribution in [3.8, 4) is 0 Å². The van der Waals surface area contributed by atoms with Crippen LogP contribution in [0.2, 0.25) is 0 Å². The summed E-state index contributed by atoms with van der Waals surface area (Å²) in [5.41, 5.74) is 0.785. The molecular formula is C19H24ClN3O3S. The highest BCUT2D eigenvalue weighted by molar-refractivity contribution is 7.92. The number of anilines is 1. The molecule has 1 saturated heterocycles. The molecule has 6 nitrogen and oxygen atoms in total. The fourth-order valence-corrected chi connectivity index (χ4v) is 4.10. The van der Waals surface area contributed by atoms with Gasteiger partial charge in [0.05, 0.1) is 4.90 Å². The normalized spacial score (nSPS) is 19.6. The SMILES string of the molecule is CC1NCCCC1NC(=O)c1cccc(NS(=O)(=O)c2ccccc2)c1.Cl. The van der Waals surface area contributed by atoms with E-state index in [0.717, 1.165) is 19.4 Å². The molecule has 1 aliphatic rings. The quantitative estimate of drug-likeness (QED) is 0.708. The summed E-state index contributed by atoms with van der Waals surface area (Å²) in [5.74, 6) is -0.202. The van der Waals surface area contributed by atoms with Crippen LogP contribution in [0, 0.1) is 0 Å². The average Bonchev–Trinajstić information content (AvgIpc) is 2.64. The second kappa shape index (κ2) is 9.21. The van der Waals surface area contributed by atoms with Crippen LogP contribution in [0.25, 0.3) is 0 Å². The highest BCUT2D eigenvalue weighted by Gasteiger charge is 2.23. The molecule has 0 bridgehead atoms. The molecule has 27 heavy (non-hydrogen) atoms. The van der Waals surface area contributed by atoms with E-state index in [9.17, 15) is 13.2 Å². The van der Waals surface area contributed by atoms with E-state index >= 15 is 0 Å². The zero-order valence-corrected chi connectivity index (χ0v) is 16.6. The summed E-state index contributed by atoms with van der Waals surface area (Å²) in [5, 5.41) is 6.37. The number of carbonyl (C=O) groups is 1. The van der Waals surface area contributed by atoms with Gasteiger partial charge < -0.3 is 10.6 Å². The van der Waals surface area contributed by atoms with Crippen molar-refractivity contribution in [1.29, 1.82) is 0 Å². The van der Waals surface area contributed by atoms with E-state index in [2.05, 4.69) is 22.3 Å². The molecule has 3 rings (SSSR count). The Balaban J connectivity index is 0.00000261. The topological polar surface area (TPSA) is 87.3 Å². The number of halogens is 1. The van der Waals surface area contributed by atoms with Crippen LogP contribution in [-0.2, 0) is 10.0 Å². The zero-order valence-electron chi connectivity index (χ0n) is 15.0. The number of sulfonamides is 1. The Labute approximate surface area is 166 Å². The lowest BCUT2D eigenvalue weighted by molar-refractivity contribution is 0.0920. The Morgan fingerprint density at radius 1 is 1.11 bits per heavy atom. The summed E-state index contributed by atoms with van der Waals surface area (Å²) in [4.78, 5) is 12.7. The highest BCUT2D eigenvalue weighted by atomic mass is 35.5. The number of hydrogen-bond donors (Lipinski definition) is 3. The first-order chi connectivity index (χ1) is 12.5. The second-order valence-corrected chi connectivity index (χ2v) is 8.15. The maximum absolute atomic E-state index is 12.5. The second-order valence-electron chi connectivity index (χ2n) is 6.46. The Kier molecular flexibility index (Phi) is 7.24. The monoisotopic (exact) mass is 409 g/mol. The molecule has 1 heterocycles. The van der Waals surface area contributed by atoms with Gasteiger partial charge in [0.15, 0.2) is 0 Å². The highest BCUT2D eigenvalue weighted by Crippen LogP contribution is 2.18. The Hall–Kier alpha value is -2.09. The first-order valence-electron chi connectivity index (χ1n) is 8.68. The molecule has 1 fully saturated rings. The minimum atomic E-state index is -3.68. The molecule has 2 unspecified atom stereocenters. The van der Waals surface area contributed by atoms with E-state index in [-0.39, 0.29) is 35.3 Å². The van der Waals surface area contributed by atoms with Gasteiger partial charge >= 0.3 is 0 Å². The van der Waals surface area contributed by atoms with Gasteiger partial charge in [-0.2, -0.15) is 0 Å². The van der Waals surface area contributed by atoms with Gasteiger partial charge in [-0.05, 0) is 56.6 Å². The number of hydrogen-bond acceptors (Lipinski definition) is 4. The van der Waals surface area contributed by atoms with Gasteiger partial charge in [-0.1, -0.05) is 24.3 Å². The largest absolute Gasteiger partial charge is 0.348 e. The van der Waals surface area contributed by atoms with Crippen LogP contribution in [0.5, 0.6) is 0 Å². The maximum Gasteiger partial charge on any atom is 0.261 e. The molecule has 2 atom stereocenters. The predicted molar refractivity (Wildman–Crippen MR) is 109 cm³/mol. The van der Waals surface area contributed by atoms with Crippen LogP contribution >= 0.6 is 12.4 Å². The van der Waals surface area contributed by atoms with Crippen LogP contribution in [0.1, 0.15) is 30.1 Å². The lowest BCUT2D eigenvalue weighted by atomic mass is 9.99. The van der Waals surface area contributed by atoms with Crippen molar-refractivity contribution in [2.45, 2.75) is 36.7 Å². The van der Waals surface area contributed by atoms with E-state index in [1.807, 2.05) is 0 Å². The summed E-state index contributed by atoms with van der Waals surface area (Å²) < 4.78 is 27.4. The number of rotatable bonds is 5. The maximum atomic E-state index is 12.5. The molecule has 0 aromatic heterocycles. The molecule has 2 aromatic rings. The third-order valence-electron chi connectivity index (χ3n) is 4.51. The summed E-state index contributed by atoms with van der Waals surface area (Å²) in [7, 11) is -3.68. The van der Waals surface area contributed by atoms with Crippen molar-refractivity contribution in [2.75, 3.05) is 11.3 Å². The van der Waals surface area contributed by atoms with Gasteiger partial charge in [0, 0.05) is 23.3 Å².